The van der Waals surface area contributed by atoms with E-state index in [0.717, 1.165) is 25.1 Å². The third-order valence-corrected chi connectivity index (χ3v) is 3.46. The maximum Gasteiger partial charge on any atom is 0.258 e. The van der Waals surface area contributed by atoms with Crippen LogP contribution in [-0.2, 0) is 11.2 Å². The Morgan fingerprint density at radius 1 is 1.45 bits per heavy atom. The third kappa shape index (κ3) is 3.73. The van der Waals surface area contributed by atoms with E-state index in [4.69, 9.17) is 4.74 Å². The minimum atomic E-state index is -0.0778. The van der Waals surface area contributed by atoms with Gasteiger partial charge in [0.05, 0.1) is 0 Å². The van der Waals surface area contributed by atoms with Gasteiger partial charge in [-0.2, -0.15) is 0 Å². The number of amides is 1. The second-order valence-corrected chi connectivity index (χ2v) is 5.52. The van der Waals surface area contributed by atoms with Gasteiger partial charge in [0.2, 0.25) is 0 Å². The predicted molar refractivity (Wildman–Crippen MR) is 80.0 cm³/mol. The number of hydrogen-bond donors (Lipinski definition) is 2. The van der Waals surface area contributed by atoms with Crippen molar-refractivity contribution in [2.45, 2.75) is 45.7 Å². The highest BCUT2D eigenvalue weighted by Gasteiger charge is 2.21. The van der Waals surface area contributed by atoms with Crippen molar-refractivity contribution in [1.82, 2.24) is 10.6 Å². The van der Waals surface area contributed by atoms with Crippen LogP contribution in [0.2, 0.25) is 0 Å². The van der Waals surface area contributed by atoms with Crippen LogP contribution in [-0.4, -0.2) is 25.1 Å². The Morgan fingerprint density at radius 3 is 2.95 bits per heavy atom. The molecule has 0 aliphatic heterocycles. The van der Waals surface area contributed by atoms with Crippen LogP contribution in [0.1, 0.15) is 44.4 Å². The van der Waals surface area contributed by atoms with Crippen molar-refractivity contribution in [2.24, 2.45) is 0 Å². The summed E-state index contributed by atoms with van der Waals surface area (Å²) < 4.78 is 5.56. The molecule has 1 aromatic rings. The Morgan fingerprint density at radius 2 is 2.25 bits per heavy atom. The average molecular weight is 276 g/mol. The molecule has 2 rings (SSSR count). The minimum absolute atomic E-state index is 0.0770. The van der Waals surface area contributed by atoms with E-state index in [1.807, 2.05) is 19.9 Å². The smallest absolute Gasteiger partial charge is 0.258 e. The molecule has 4 nitrogen and oxygen atoms in total. The maximum absolute atomic E-state index is 11.6. The van der Waals surface area contributed by atoms with Crippen LogP contribution < -0.4 is 15.4 Å². The Labute approximate surface area is 120 Å². The molecule has 0 aromatic heterocycles. The zero-order valence-electron chi connectivity index (χ0n) is 12.5. The summed E-state index contributed by atoms with van der Waals surface area (Å²) in [5.74, 6) is 0.700. The van der Waals surface area contributed by atoms with E-state index in [9.17, 15) is 4.79 Å². The quantitative estimate of drug-likeness (QED) is 0.837. The topological polar surface area (TPSA) is 50.4 Å². The lowest BCUT2D eigenvalue weighted by molar-refractivity contribution is -0.123. The van der Waals surface area contributed by atoms with Crippen molar-refractivity contribution in [1.29, 1.82) is 0 Å². The fraction of sp³-hybridized carbons (Fsp3) is 0.562. The summed E-state index contributed by atoms with van der Waals surface area (Å²) in [6, 6.07) is 6.75. The molecule has 0 saturated heterocycles. The van der Waals surface area contributed by atoms with E-state index in [0.29, 0.717) is 6.04 Å². The standard InChI is InChI=1S/C16H24N2O2/c1-4-17-15-8-5-12-9-13(6-7-14(12)15)20-10-16(19)18-11(2)3/h6-7,9,11,15,17H,4-5,8,10H2,1-3H3,(H,18,19). The summed E-state index contributed by atoms with van der Waals surface area (Å²) in [5, 5.41) is 6.30. The van der Waals surface area contributed by atoms with E-state index in [2.05, 4.69) is 29.7 Å². The first-order chi connectivity index (χ1) is 9.60. The Kier molecular flexibility index (Phi) is 5.01. The van der Waals surface area contributed by atoms with Crippen LogP contribution >= 0.6 is 0 Å². The van der Waals surface area contributed by atoms with Crippen molar-refractivity contribution in [3.05, 3.63) is 29.3 Å². The Hall–Kier alpha value is -1.55. The second kappa shape index (κ2) is 6.75. The van der Waals surface area contributed by atoms with E-state index in [1.165, 1.54) is 11.1 Å². The molecule has 1 aromatic carbocycles. The fourth-order valence-electron chi connectivity index (χ4n) is 2.65. The van der Waals surface area contributed by atoms with Gasteiger partial charge >= 0.3 is 0 Å². The molecule has 1 unspecified atom stereocenters. The highest BCUT2D eigenvalue weighted by Crippen LogP contribution is 2.33. The second-order valence-electron chi connectivity index (χ2n) is 5.52. The fourth-order valence-corrected chi connectivity index (χ4v) is 2.65. The van der Waals surface area contributed by atoms with Crippen molar-refractivity contribution >= 4 is 5.91 Å². The monoisotopic (exact) mass is 276 g/mol. The van der Waals surface area contributed by atoms with Gasteiger partial charge in [-0.1, -0.05) is 13.0 Å². The summed E-state index contributed by atoms with van der Waals surface area (Å²) in [6.07, 6.45) is 2.21. The van der Waals surface area contributed by atoms with E-state index in [1.54, 1.807) is 0 Å². The predicted octanol–water partition coefficient (Wildman–Crippen LogP) is 2.19. The lowest BCUT2D eigenvalue weighted by atomic mass is 10.1. The molecule has 0 heterocycles. The molecule has 4 heteroatoms. The number of aryl methyl sites for hydroxylation is 1. The lowest BCUT2D eigenvalue weighted by Crippen LogP contribution is -2.34. The first-order valence-electron chi connectivity index (χ1n) is 7.38. The molecule has 0 bridgehead atoms. The number of carbonyl (C=O) groups is 1. The van der Waals surface area contributed by atoms with Gasteiger partial charge in [0.15, 0.2) is 6.61 Å². The van der Waals surface area contributed by atoms with Gasteiger partial charge < -0.3 is 15.4 Å². The Balaban J connectivity index is 1.94. The van der Waals surface area contributed by atoms with Crippen molar-refractivity contribution in [2.75, 3.05) is 13.2 Å². The normalized spacial score (nSPS) is 17.1. The molecule has 110 valence electrons. The first-order valence-corrected chi connectivity index (χ1v) is 7.38. The molecule has 0 fully saturated rings. The number of carbonyl (C=O) groups excluding carboxylic acids is 1. The molecule has 1 atom stereocenters. The Bertz CT molecular complexity index is 472. The van der Waals surface area contributed by atoms with E-state index >= 15 is 0 Å². The van der Waals surface area contributed by atoms with Crippen LogP contribution in [0.15, 0.2) is 18.2 Å². The number of rotatable bonds is 6. The maximum atomic E-state index is 11.6. The van der Waals surface area contributed by atoms with Gasteiger partial charge in [-0.05, 0) is 56.5 Å². The molecular weight excluding hydrogens is 252 g/mol. The molecule has 0 spiro atoms. The third-order valence-electron chi connectivity index (χ3n) is 3.46. The van der Waals surface area contributed by atoms with Gasteiger partial charge in [0.1, 0.15) is 5.75 Å². The SMILES string of the molecule is CCNC1CCc2cc(OCC(=O)NC(C)C)ccc21. The highest BCUT2D eigenvalue weighted by molar-refractivity contribution is 5.77. The number of hydrogen-bond acceptors (Lipinski definition) is 3. The lowest BCUT2D eigenvalue weighted by Gasteiger charge is -2.13. The first kappa shape index (κ1) is 14.9. The summed E-state index contributed by atoms with van der Waals surface area (Å²) in [7, 11) is 0. The summed E-state index contributed by atoms with van der Waals surface area (Å²) in [5.41, 5.74) is 2.70. The van der Waals surface area contributed by atoms with Gasteiger partial charge in [0, 0.05) is 12.1 Å². The molecule has 1 amide bonds. The molecule has 1 aliphatic carbocycles. The van der Waals surface area contributed by atoms with Gasteiger partial charge in [0.25, 0.3) is 5.91 Å². The molecule has 2 N–H and O–H groups in total. The summed E-state index contributed by atoms with van der Waals surface area (Å²) in [4.78, 5) is 11.6. The zero-order valence-corrected chi connectivity index (χ0v) is 12.5. The number of nitrogens with one attached hydrogen (secondary N) is 2. The zero-order chi connectivity index (χ0) is 14.5. The van der Waals surface area contributed by atoms with Gasteiger partial charge in [-0.3, -0.25) is 4.79 Å². The summed E-state index contributed by atoms with van der Waals surface area (Å²) >= 11 is 0. The highest BCUT2D eigenvalue weighted by atomic mass is 16.5. The number of benzene rings is 1. The average Bonchev–Trinajstić information content (AvgIpc) is 2.79. The summed E-state index contributed by atoms with van der Waals surface area (Å²) in [6.45, 7) is 7.07. The number of fused-ring (bicyclic) bond motifs is 1. The molecule has 0 saturated carbocycles. The number of ether oxygens (including phenoxy) is 1. The van der Waals surface area contributed by atoms with Crippen molar-refractivity contribution < 1.29 is 9.53 Å². The van der Waals surface area contributed by atoms with E-state index < -0.39 is 0 Å². The van der Waals surface area contributed by atoms with E-state index in [-0.39, 0.29) is 18.6 Å². The van der Waals surface area contributed by atoms with Crippen LogP contribution in [0.25, 0.3) is 0 Å². The van der Waals surface area contributed by atoms with Crippen molar-refractivity contribution in [3.63, 3.8) is 0 Å². The van der Waals surface area contributed by atoms with Crippen LogP contribution in [0.3, 0.4) is 0 Å². The molecular formula is C16H24N2O2. The van der Waals surface area contributed by atoms with Gasteiger partial charge in [-0.15, -0.1) is 0 Å². The minimum Gasteiger partial charge on any atom is -0.484 e. The molecule has 20 heavy (non-hydrogen) atoms. The molecule has 0 radical (unpaired) electrons. The van der Waals surface area contributed by atoms with Crippen LogP contribution in [0, 0.1) is 0 Å². The molecule has 1 aliphatic rings. The van der Waals surface area contributed by atoms with Gasteiger partial charge in [-0.25, -0.2) is 0 Å². The van der Waals surface area contributed by atoms with Crippen molar-refractivity contribution in [3.8, 4) is 5.75 Å². The van der Waals surface area contributed by atoms with Crippen LogP contribution in [0.5, 0.6) is 5.75 Å². The largest absolute Gasteiger partial charge is 0.484 e. The van der Waals surface area contributed by atoms with Crippen LogP contribution in [0.4, 0.5) is 0 Å².